The molecule has 146 valence electrons. The number of benzene rings is 2. The summed E-state index contributed by atoms with van der Waals surface area (Å²) in [6, 6.07) is 16.1. The summed E-state index contributed by atoms with van der Waals surface area (Å²) in [7, 11) is 0. The van der Waals surface area contributed by atoms with Gasteiger partial charge in [-0.25, -0.2) is 0 Å². The molecule has 0 atom stereocenters. The van der Waals surface area contributed by atoms with Gasteiger partial charge in [-0.1, -0.05) is 34.1 Å². The molecule has 9 heteroatoms. The molecule has 0 spiro atoms. The Labute approximate surface area is 178 Å². The molecule has 0 saturated heterocycles. The second-order valence-corrected chi connectivity index (χ2v) is 7.67. The van der Waals surface area contributed by atoms with Gasteiger partial charge in [0.1, 0.15) is 5.70 Å². The molecule has 29 heavy (non-hydrogen) atoms. The van der Waals surface area contributed by atoms with Gasteiger partial charge < -0.3 is 10.6 Å². The van der Waals surface area contributed by atoms with E-state index in [0.717, 1.165) is 4.47 Å². The Bertz CT molecular complexity index is 1080. The van der Waals surface area contributed by atoms with Crippen LogP contribution in [0.15, 0.2) is 76.2 Å². The van der Waals surface area contributed by atoms with Crippen LogP contribution in [0.1, 0.15) is 15.2 Å². The lowest BCUT2D eigenvalue weighted by atomic mass is 10.1. The highest BCUT2D eigenvalue weighted by atomic mass is 79.9. The van der Waals surface area contributed by atoms with Crippen molar-refractivity contribution in [1.82, 2.24) is 5.32 Å². The maximum absolute atomic E-state index is 12.8. The molecule has 0 radical (unpaired) electrons. The first kappa shape index (κ1) is 20.4. The smallest absolute Gasteiger partial charge is 0.272 e. The van der Waals surface area contributed by atoms with Crippen LogP contribution < -0.4 is 10.6 Å². The molecule has 2 N–H and O–H groups in total. The van der Waals surface area contributed by atoms with Crippen LogP contribution in [0, 0.1) is 10.1 Å². The van der Waals surface area contributed by atoms with Crippen LogP contribution in [-0.4, -0.2) is 16.7 Å². The predicted octanol–water partition coefficient (Wildman–Crippen LogP) is 4.83. The number of amides is 2. The van der Waals surface area contributed by atoms with E-state index >= 15 is 0 Å². The van der Waals surface area contributed by atoms with E-state index in [4.69, 9.17) is 0 Å². The van der Waals surface area contributed by atoms with E-state index in [1.54, 1.807) is 47.8 Å². The molecular weight excluding hydrogens is 458 g/mol. The molecule has 0 aliphatic rings. The van der Waals surface area contributed by atoms with Gasteiger partial charge in [0, 0.05) is 22.3 Å². The number of nitrogens with one attached hydrogen (secondary N) is 2. The molecule has 0 bridgehead atoms. The Morgan fingerprint density at radius 3 is 2.48 bits per heavy atom. The molecule has 1 heterocycles. The Hall–Kier alpha value is -3.30. The Morgan fingerprint density at radius 1 is 1.07 bits per heavy atom. The third-order valence-electron chi connectivity index (χ3n) is 3.73. The van der Waals surface area contributed by atoms with E-state index < -0.39 is 16.7 Å². The normalized spacial score (nSPS) is 11.0. The monoisotopic (exact) mass is 471 g/mol. The number of carbonyl (C=O) groups excluding carboxylic acids is 2. The Kier molecular flexibility index (Phi) is 6.53. The second kappa shape index (κ2) is 9.26. The summed E-state index contributed by atoms with van der Waals surface area (Å²) >= 11 is 4.56. The van der Waals surface area contributed by atoms with Crippen molar-refractivity contribution in [1.29, 1.82) is 0 Å². The summed E-state index contributed by atoms with van der Waals surface area (Å²) in [5, 5.41) is 18.1. The first-order chi connectivity index (χ1) is 13.9. The summed E-state index contributed by atoms with van der Waals surface area (Å²) < 4.78 is 0.855. The van der Waals surface area contributed by atoms with Crippen molar-refractivity contribution in [3.8, 4) is 0 Å². The van der Waals surface area contributed by atoms with Gasteiger partial charge in [-0.15, -0.1) is 11.3 Å². The summed E-state index contributed by atoms with van der Waals surface area (Å²) in [6.45, 7) is 0. The summed E-state index contributed by atoms with van der Waals surface area (Å²) in [5.74, 6) is -0.994. The molecule has 2 amide bonds. The zero-order valence-electron chi connectivity index (χ0n) is 14.8. The van der Waals surface area contributed by atoms with E-state index in [-0.39, 0.29) is 11.4 Å². The van der Waals surface area contributed by atoms with Crippen molar-refractivity contribution in [3.05, 3.63) is 96.8 Å². The van der Waals surface area contributed by atoms with Gasteiger partial charge in [0.25, 0.3) is 17.5 Å². The van der Waals surface area contributed by atoms with Crippen LogP contribution in [0.4, 0.5) is 11.4 Å². The number of non-ortho nitro benzene ring substituents is 1. The summed E-state index contributed by atoms with van der Waals surface area (Å²) in [6.07, 6.45) is 1.40. The minimum Gasteiger partial charge on any atom is -0.321 e. The molecule has 0 saturated carbocycles. The third-order valence-corrected chi connectivity index (χ3v) is 5.13. The molecule has 7 nitrogen and oxygen atoms in total. The maximum atomic E-state index is 12.8. The summed E-state index contributed by atoms with van der Waals surface area (Å²) in [5.41, 5.74) is 0.794. The number of carbonyl (C=O) groups is 2. The van der Waals surface area contributed by atoms with Gasteiger partial charge in [0.15, 0.2) is 0 Å². The van der Waals surface area contributed by atoms with E-state index in [0.29, 0.717) is 16.1 Å². The van der Waals surface area contributed by atoms with Gasteiger partial charge in [-0.3, -0.25) is 19.7 Å². The SMILES string of the molecule is O=C(Nc1ccc(Br)cc1)/C(=C\c1cccc([N+](=O)[O-])c1)NC(=O)c1cccs1. The van der Waals surface area contributed by atoms with E-state index in [9.17, 15) is 19.7 Å². The number of nitro groups is 1. The highest BCUT2D eigenvalue weighted by Gasteiger charge is 2.16. The highest BCUT2D eigenvalue weighted by molar-refractivity contribution is 9.10. The van der Waals surface area contributed by atoms with Gasteiger partial charge >= 0.3 is 0 Å². The lowest BCUT2D eigenvalue weighted by molar-refractivity contribution is -0.384. The van der Waals surface area contributed by atoms with Crippen molar-refractivity contribution >= 4 is 56.5 Å². The first-order valence-electron chi connectivity index (χ1n) is 8.30. The quantitative estimate of drug-likeness (QED) is 0.305. The first-order valence-corrected chi connectivity index (χ1v) is 9.97. The fourth-order valence-electron chi connectivity index (χ4n) is 2.38. The summed E-state index contributed by atoms with van der Waals surface area (Å²) in [4.78, 5) is 36.2. The largest absolute Gasteiger partial charge is 0.321 e. The number of anilines is 1. The molecule has 0 fully saturated rings. The molecular formula is C20H14BrN3O4S. The minimum atomic E-state index is -0.552. The Morgan fingerprint density at radius 2 is 1.83 bits per heavy atom. The third kappa shape index (κ3) is 5.59. The molecule has 3 rings (SSSR count). The van der Waals surface area contributed by atoms with Crippen LogP contribution in [-0.2, 0) is 4.79 Å². The second-order valence-electron chi connectivity index (χ2n) is 5.80. The van der Waals surface area contributed by atoms with Crippen molar-refractivity contribution in [3.63, 3.8) is 0 Å². The van der Waals surface area contributed by atoms with Crippen LogP contribution in [0.5, 0.6) is 0 Å². The Balaban J connectivity index is 1.91. The van der Waals surface area contributed by atoms with Crippen molar-refractivity contribution in [2.24, 2.45) is 0 Å². The average molecular weight is 472 g/mol. The topological polar surface area (TPSA) is 101 Å². The number of halogens is 1. The van der Waals surface area contributed by atoms with Crippen molar-refractivity contribution in [2.75, 3.05) is 5.32 Å². The van der Waals surface area contributed by atoms with E-state index in [1.807, 2.05) is 0 Å². The molecule has 1 aromatic heterocycles. The lowest BCUT2D eigenvalue weighted by Gasteiger charge is -2.11. The zero-order chi connectivity index (χ0) is 20.8. The van der Waals surface area contributed by atoms with Crippen LogP contribution in [0.3, 0.4) is 0 Å². The highest BCUT2D eigenvalue weighted by Crippen LogP contribution is 2.18. The molecule has 2 aromatic carbocycles. The number of nitro benzene ring substituents is 1. The number of nitrogens with zero attached hydrogens (tertiary/aromatic N) is 1. The van der Waals surface area contributed by atoms with Gasteiger partial charge in [0.2, 0.25) is 0 Å². The molecule has 3 aromatic rings. The van der Waals surface area contributed by atoms with Gasteiger partial charge in [-0.2, -0.15) is 0 Å². The fraction of sp³-hybridized carbons (Fsp3) is 0. The van der Waals surface area contributed by atoms with Crippen molar-refractivity contribution in [2.45, 2.75) is 0 Å². The van der Waals surface area contributed by atoms with Crippen LogP contribution in [0.25, 0.3) is 6.08 Å². The predicted molar refractivity (Wildman–Crippen MR) is 116 cm³/mol. The van der Waals surface area contributed by atoms with Crippen LogP contribution >= 0.6 is 27.3 Å². The maximum Gasteiger partial charge on any atom is 0.272 e. The number of rotatable bonds is 6. The van der Waals surface area contributed by atoms with E-state index in [2.05, 4.69) is 26.6 Å². The lowest BCUT2D eigenvalue weighted by Crippen LogP contribution is -2.30. The molecule has 0 aliphatic heterocycles. The fourth-order valence-corrected chi connectivity index (χ4v) is 3.26. The molecule has 0 unspecified atom stereocenters. The minimum absolute atomic E-state index is 0.0354. The molecule has 0 aliphatic carbocycles. The zero-order valence-corrected chi connectivity index (χ0v) is 17.2. The van der Waals surface area contributed by atoms with Crippen molar-refractivity contribution < 1.29 is 14.5 Å². The van der Waals surface area contributed by atoms with Crippen LogP contribution in [0.2, 0.25) is 0 Å². The number of hydrogen-bond donors (Lipinski definition) is 2. The number of thiophene rings is 1. The number of hydrogen-bond acceptors (Lipinski definition) is 5. The van der Waals surface area contributed by atoms with Gasteiger partial charge in [0.05, 0.1) is 9.80 Å². The van der Waals surface area contributed by atoms with Gasteiger partial charge in [-0.05, 0) is 47.4 Å². The standard InChI is InChI=1S/C20H14BrN3O4S/c21-14-6-8-15(9-7-14)22-19(25)17(23-20(26)18-5-2-10-29-18)12-13-3-1-4-16(11-13)24(27)28/h1-12H,(H,22,25)(H,23,26)/b17-12+. The average Bonchev–Trinajstić information content (AvgIpc) is 3.24. The van der Waals surface area contributed by atoms with E-state index in [1.165, 1.54) is 35.6 Å².